The Morgan fingerprint density at radius 2 is 1.85 bits per heavy atom. The normalized spacial score (nSPS) is 12.2. The summed E-state index contributed by atoms with van der Waals surface area (Å²) in [7, 11) is -3.90. The third kappa shape index (κ3) is 4.20. The highest BCUT2D eigenvalue weighted by Gasteiger charge is 2.31. The molecule has 0 atom stereocenters. The molecule has 4 rings (SSSR count). The van der Waals surface area contributed by atoms with Crippen LogP contribution in [0.25, 0.3) is 0 Å². The number of nitrogens with zero attached hydrogens (tertiary/aromatic N) is 2. The number of hydrogen-bond acceptors (Lipinski definition) is 6. The van der Waals surface area contributed by atoms with E-state index in [9.17, 15) is 18.0 Å². The highest BCUT2D eigenvalue weighted by molar-refractivity contribution is 7.92. The van der Waals surface area contributed by atoms with Gasteiger partial charge < -0.3 is 10.1 Å². The van der Waals surface area contributed by atoms with E-state index in [-0.39, 0.29) is 21.7 Å². The van der Waals surface area contributed by atoms with Gasteiger partial charge >= 0.3 is 5.97 Å². The van der Waals surface area contributed by atoms with Crippen LogP contribution in [0.15, 0.2) is 71.6 Å². The molecule has 34 heavy (non-hydrogen) atoms. The molecule has 3 aromatic rings. The Hall–Kier alpha value is -4.60. The van der Waals surface area contributed by atoms with Crippen LogP contribution in [0.5, 0.6) is 0 Å². The zero-order valence-electron chi connectivity index (χ0n) is 17.7. The molecule has 0 aliphatic carbocycles. The van der Waals surface area contributed by atoms with Gasteiger partial charge in [-0.2, -0.15) is 0 Å². The fourth-order valence-corrected chi connectivity index (χ4v) is 5.24. The summed E-state index contributed by atoms with van der Waals surface area (Å²) in [5.74, 6) is 0.718. The van der Waals surface area contributed by atoms with Gasteiger partial charge in [-0.3, -0.25) is 9.10 Å². The van der Waals surface area contributed by atoms with Crippen LogP contribution in [0.1, 0.15) is 31.8 Å². The van der Waals surface area contributed by atoms with Crippen LogP contribution in [-0.2, 0) is 21.2 Å². The first-order chi connectivity index (χ1) is 16.3. The van der Waals surface area contributed by atoms with Gasteiger partial charge in [0.2, 0.25) is 0 Å². The summed E-state index contributed by atoms with van der Waals surface area (Å²) in [5.41, 5.74) is 1.92. The third-order valence-electron chi connectivity index (χ3n) is 5.32. The molecule has 0 spiro atoms. The van der Waals surface area contributed by atoms with Crippen molar-refractivity contribution in [1.29, 1.82) is 5.26 Å². The molecule has 0 aromatic heterocycles. The molecule has 1 aliphatic rings. The molecule has 8 nitrogen and oxygen atoms in total. The van der Waals surface area contributed by atoms with Gasteiger partial charge in [0.1, 0.15) is 0 Å². The van der Waals surface area contributed by atoms with Gasteiger partial charge in [-0.05, 0) is 54.4 Å². The molecule has 0 bridgehead atoms. The zero-order chi connectivity index (χ0) is 24.3. The Morgan fingerprint density at radius 1 is 1.06 bits per heavy atom. The predicted octanol–water partition coefficient (Wildman–Crippen LogP) is 3.31. The quantitative estimate of drug-likeness (QED) is 0.347. The summed E-state index contributed by atoms with van der Waals surface area (Å²) in [5, 5.41) is 11.2. The van der Waals surface area contributed by atoms with Crippen molar-refractivity contribution in [3.05, 3.63) is 89.0 Å². The van der Waals surface area contributed by atoms with Crippen LogP contribution >= 0.6 is 0 Å². The topological polar surface area (TPSA) is 117 Å². The summed E-state index contributed by atoms with van der Waals surface area (Å²) in [6, 6.07) is 17.1. The maximum absolute atomic E-state index is 13.3. The maximum Gasteiger partial charge on any atom is 0.355 e. The fourth-order valence-electron chi connectivity index (χ4n) is 3.69. The lowest BCUT2D eigenvalue weighted by Crippen LogP contribution is -2.29. The van der Waals surface area contributed by atoms with Gasteiger partial charge in [-0.25, -0.2) is 13.2 Å². The second-order valence-corrected chi connectivity index (χ2v) is 9.19. The lowest BCUT2D eigenvalue weighted by molar-refractivity contribution is 0.0686. The number of para-hydroxylation sites is 1. The standard InChI is InChI=1S/C25H17N3O5S/c1-2-17-10-11-22(21(14-17)25(30)33-16-26)27-24(29)19-7-5-8-20(15-19)34(31,32)28-13-12-18-6-3-4-9-23(18)28/h1,3-11,14-15H,12-13H2,(H,27,29). The smallest absolute Gasteiger partial charge is 0.347 e. The van der Waals surface area contributed by atoms with Crippen molar-refractivity contribution < 1.29 is 22.7 Å². The van der Waals surface area contributed by atoms with Gasteiger partial charge in [0.05, 0.1) is 21.8 Å². The fraction of sp³-hybridized carbons (Fsp3) is 0.0800. The van der Waals surface area contributed by atoms with Crippen molar-refractivity contribution in [3.8, 4) is 18.6 Å². The number of ether oxygens (including phenoxy) is 1. The van der Waals surface area contributed by atoms with Crippen molar-refractivity contribution in [2.24, 2.45) is 0 Å². The van der Waals surface area contributed by atoms with E-state index in [2.05, 4.69) is 16.0 Å². The van der Waals surface area contributed by atoms with Crippen LogP contribution in [-0.4, -0.2) is 26.8 Å². The Bertz CT molecular complexity index is 1500. The van der Waals surface area contributed by atoms with Gasteiger partial charge in [0, 0.05) is 17.7 Å². The van der Waals surface area contributed by atoms with E-state index >= 15 is 0 Å². The van der Waals surface area contributed by atoms with Crippen molar-refractivity contribution in [1.82, 2.24) is 0 Å². The van der Waals surface area contributed by atoms with E-state index in [1.54, 1.807) is 12.1 Å². The minimum Gasteiger partial charge on any atom is -0.347 e. The van der Waals surface area contributed by atoms with E-state index in [1.165, 1.54) is 53.0 Å². The molecular weight excluding hydrogens is 454 g/mol. The van der Waals surface area contributed by atoms with Crippen LogP contribution in [0, 0.1) is 23.9 Å². The number of amides is 1. The van der Waals surface area contributed by atoms with Crippen molar-refractivity contribution >= 4 is 33.3 Å². The molecule has 1 amide bonds. The van der Waals surface area contributed by atoms with Crippen LogP contribution in [0.2, 0.25) is 0 Å². The third-order valence-corrected chi connectivity index (χ3v) is 7.13. The number of benzene rings is 3. The molecule has 0 radical (unpaired) electrons. The first-order valence-electron chi connectivity index (χ1n) is 10.1. The van der Waals surface area contributed by atoms with Gasteiger partial charge in [0.15, 0.2) is 0 Å². The first-order valence-corrected chi connectivity index (χ1v) is 11.5. The molecule has 3 aromatic carbocycles. The summed E-state index contributed by atoms with van der Waals surface area (Å²) < 4.78 is 32.3. The molecule has 0 saturated heterocycles. The molecule has 1 aliphatic heterocycles. The monoisotopic (exact) mass is 471 g/mol. The number of nitrogens with one attached hydrogen (secondary N) is 1. The average molecular weight is 471 g/mol. The predicted molar refractivity (Wildman–Crippen MR) is 124 cm³/mol. The molecule has 1 N–H and O–H groups in total. The first kappa shape index (κ1) is 22.6. The Kier molecular flexibility index (Phi) is 6.05. The van der Waals surface area contributed by atoms with Crippen molar-refractivity contribution in [3.63, 3.8) is 0 Å². The number of nitriles is 1. The second-order valence-electron chi connectivity index (χ2n) is 7.32. The summed E-state index contributed by atoms with van der Waals surface area (Å²) in [6.07, 6.45) is 7.25. The van der Waals surface area contributed by atoms with E-state index in [4.69, 9.17) is 11.7 Å². The Balaban J connectivity index is 1.63. The summed E-state index contributed by atoms with van der Waals surface area (Å²) in [4.78, 5) is 25.0. The average Bonchev–Trinajstić information content (AvgIpc) is 3.29. The molecule has 1 heterocycles. The van der Waals surface area contributed by atoms with E-state index in [1.807, 2.05) is 12.1 Å². The maximum atomic E-state index is 13.3. The van der Waals surface area contributed by atoms with Crippen LogP contribution in [0.3, 0.4) is 0 Å². The molecular formula is C25H17N3O5S. The number of anilines is 2. The molecule has 168 valence electrons. The minimum atomic E-state index is -3.90. The van der Waals surface area contributed by atoms with Gasteiger partial charge in [0.25, 0.3) is 22.2 Å². The molecule has 0 unspecified atom stereocenters. The number of esters is 1. The number of carbonyl (C=O) groups excluding carboxylic acids is 2. The Labute approximate surface area is 196 Å². The number of carbonyl (C=O) groups is 2. The van der Waals surface area contributed by atoms with E-state index in [0.29, 0.717) is 24.2 Å². The van der Waals surface area contributed by atoms with Crippen molar-refractivity contribution in [2.45, 2.75) is 11.3 Å². The van der Waals surface area contributed by atoms with Gasteiger partial charge in [-0.15, -0.1) is 11.7 Å². The number of terminal acetylenes is 1. The van der Waals surface area contributed by atoms with Crippen LogP contribution < -0.4 is 9.62 Å². The molecule has 0 saturated carbocycles. The van der Waals surface area contributed by atoms with E-state index < -0.39 is 21.9 Å². The SMILES string of the molecule is C#Cc1ccc(NC(=O)c2cccc(S(=O)(=O)N3CCc4ccccc43)c2)c(C(=O)OC#N)c1. The lowest BCUT2D eigenvalue weighted by Gasteiger charge is -2.20. The number of sulfonamides is 1. The number of rotatable bonds is 5. The van der Waals surface area contributed by atoms with Crippen molar-refractivity contribution in [2.75, 3.05) is 16.2 Å². The molecule has 0 fully saturated rings. The second kappa shape index (κ2) is 9.10. The van der Waals surface area contributed by atoms with E-state index in [0.717, 1.165) is 5.56 Å². The highest BCUT2D eigenvalue weighted by atomic mass is 32.2. The zero-order valence-corrected chi connectivity index (χ0v) is 18.5. The summed E-state index contributed by atoms with van der Waals surface area (Å²) in [6.45, 7) is 0.310. The number of hydrogen-bond donors (Lipinski definition) is 1. The summed E-state index contributed by atoms with van der Waals surface area (Å²) >= 11 is 0. The van der Waals surface area contributed by atoms with Gasteiger partial charge in [-0.1, -0.05) is 30.2 Å². The largest absolute Gasteiger partial charge is 0.355 e. The lowest BCUT2D eigenvalue weighted by atomic mass is 10.1. The molecule has 9 heteroatoms. The Morgan fingerprint density at radius 3 is 2.62 bits per heavy atom. The van der Waals surface area contributed by atoms with Crippen LogP contribution in [0.4, 0.5) is 11.4 Å². The minimum absolute atomic E-state index is 0.0383. The number of fused-ring (bicyclic) bond motifs is 1. The highest BCUT2D eigenvalue weighted by Crippen LogP contribution is 2.33.